The molecule has 2 atom stereocenters. The zero-order valence-corrected chi connectivity index (χ0v) is 24.1. The van der Waals surface area contributed by atoms with Crippen molar-refractivity contribution >= 4 is 17.9 Å². The molecule has 0 spiro atoms. The molecule has 1 saturated heterocycles. The van der Waals surface area contributed by atoms with Gasteiger partial charge in [-0.3, -0.25) is 14.6 Å². The molecule has 1 fully saturated rings. The molecule has 2 aromatic carbocycles. The zero-order valence-electron chi connectivity index (χ0n) is 24.1. The minimum Gasteiger partial charge on any atom is -0.463 e. The molecule has 0 aliphatic carbocycles. The molecule has 0 saturated carbocycles. The van der Waals surface area contributed by atoms with Gasteiger partial charge in [0.05, 0.1) is 23.8 Å². The van der Waals surface area contributed by atoms with Crippen LogP contribution in [0, 0.1) is 0 Å². The number of fused-ring (bicyclic) bond motifs is 1. The third-order valence-electron chi connectivity index (χ3n) is 7.79. The second-order valence-electron chi connectivity index (χ2n) is 10.5. The van der Waals surface area contributed by atoms with Gasteiger partial charge in [0.1, 0.15) is 0 Å². The first-order valence-corrected chi connectivity index (χ1v) is 14.1. The number of carbonyl (C=O) groups is 3. The number of amides is 3. The van der Waals surface area contributed by atoms with Gasteiger partial charge in [-0.05, 0) is 56.7 Å². The highest BCUT2D eigenvalue weighted by Gasteiger charge is 2.40. The van der Waals surface area contributed by atoms with Crippen molar-refractivity contribution in [1.29, 1.82) is 0 Å². The lowest BCUT2D eigenvalue weighted by Crippen LogP contribution is -2.56. The molecule has 3 aliphatic rings. The molecule has 2 unspecified atom stereocenters. The normalized spacial score (nSPS) is 20.7. The minimum absolute atomic E-state index is 0.0765. The minimum atomic E-state index is -4.53. The van der Waals surface area contributed by atoms with Crippen LogP contribution >= 0.6 is 0 Å². The molecule has 2 aromatic rings. The molecule has 10 nitrogen and oxygen atoms in total. The number of hydrogen-bond donors (Lipinski definition) is 1. The number of nitrogens with zero attached hydrogens (tertiary/aromatic N) is 3. The first-order chi connectivity index (χ1) is 20.5. The van der Waals surface area contributed by atoms with Crippen molar-refractivity contribution in [3.05, 3.63) is 70.4 Å². The van der Waals surface area contributed by atoms with E-state index in [1.54, 1.807) is 36.9 Å². The topological polar surface area (TPSA) is 101 Å². The summed E-state index contributed by atoms with van der Waals surface area (Å²) in [6, 6.07) is 7.77. The molecule has 3 heterocycles. The molecule has 5 rings (SSSR count). The number of carbonyl (C=O) groups excluding carboxylic acids is 3. The van der Waals surface area contributed by atoms with Crippen LogP contribution in [0.25, 0.3) is 0 Å². The standard InChI is InChI=1S/C30H33F3N4O6/c1-4-36-22(16-35-12-13-37(18(3)15-35)27(38)20-8-11-23-24(14-20)43-17-42-23)25(28(39)41-5-2)26(34-29(36)40)19-6-9-21(10-7-19)30(31,32)33/h6-11,14,18,26H,4-5,12-13,15-17H2,1-3H3,(H,34,40). The summed E-state index contributed by atoms with van der Waals surface area (Å²) in [4.78, 5) is 45.2. The molecule has 0 radical (unpaired) electrons. The lowest BCUT2D eigenvalue weighted by Gasteiger charge is -2.43. The predicted molar refractivity (Wildman–Crippen MR) is 148 cm³/mol. The largest absolute Gasteiger partial charge is 0.463 e. The molecule has 43 heavy (non-hydrogen) atoms. The predicted octanol–water partition coefficient (Wildman–Crippen LogP) is 4.18. The number of ether oxygens (including phenoxy) is 3. The Kier molecular flexibility index (Phi) is 8.54. The van der Waals surface area contributed by atoms with Gasteiger partial charge in [-0.25, -0.2) is 9.59 Å². The van der Waals surface area contributed by atoms with Crippen LogP contribution in [0.2, 0.25) is 0 Å². The van der Waals surface area contributed by atoms with Gasteiger partial charge in [0.2, 0.25) is 6.79 Å². The first-order valence-electron chi connectivity index (χ1n) is 14.1. The molecule has 13 heteroatoms. The van der Waals surface area contributed by atoms with Gasteiger partial charge in [0.15, 0.2) is 11.5 Å². The van der Waals surface area contributed by atoms with Crippen LogP contribution in [-0.4, -0.2) is 84.8 Å². The third kappa shape index (κ3) is 6.12. The number of piperazine rings is 1. The number of benzene rings is 2. The molecule has 3 aliphatic heterocycles. The SMILES string of the molecule is CCOC(=O)C1=C(CN2CCN(C(=O)c3ccc4c(c3)OCO4)C(C)C2)N(CC)C(=O)NC1c1ccc(C(F)(F)F)cc1. The number of halogens is 3. The number of hydrogen-bond acceptors (Lipinski definition) is 7. The number of esters is 1. The monoisotopic (exact) mass is 602 g/mol. The highest BCUT2D eigenvalue weighted by molar-refractivity contribution is 5.96. The van der Waals surface area contributed by atoms with Crippen molar-refractivity contribution in [2.75, 3.05) is 46.1 Å². The lowest BCUT2D eigenvalue weighted by molar-refractivity contribution is -0.139. The summed E-state index contributed by atoms with van der Waals surface area (Å²) in [6.45, 7) is 7.30. The second-order valence-corrected chi connectivity index (χ2v) is 10.5. The van der Waals surface area contributed by atoms with Crippen LogP contribution in [0.3, 0.4) is 0 Å². The van der Waals surface area contributed by atoms with E-state index in [0.717, 1.165) is 12.1 Å². The Morgan fingerprint density at radius 1 is 1.05 bits per heavy atom. The quantitative estimate of drug-likeness (QED) is 0.475. The molecule has 230 valence electrons. The smallest absolute Gasteiger partial charge is 0.416 e. The van der Waals surface area contributed by atoms with E-state index in [4.69, 9.17) is 14.2 Å². The molecule has 0 aromatic heterocycles. The maximum Gasteiger partial charge on any atom is 0.416 e. The summed E-state index contributed by atoms with van der Waals surface area (Å²) < 4.78 is 55.7. The van der Waals surface area contributed by atoms with Crippen LogP contribution in [0.1, 0.15) is 48.3 Å². The molecule has 1 N–H and O–H groups in total. The number of nitrogens with one attached hydrogen (secondary N) is 1. The van der Waals surface area contributed by atoms with E-state index in [9.17, 15) is 27.6 Å². The Balaban J connectivity index is 1.40. The van der Waals surface area contributed by atoms with E-state index < -0.39 is 29.8 Å². The van der Waals surface area contributed by atoms with Gasteiger partial charge >= 0.3 is 18.2 Å². The summed E-state index contributed by atoms with van der Waals surface area (Å²) in [6.07, 6.45) is -4.53. The van der Waals surface area contributed by atoms with Crippen molar-refractivity contribution in [1.82, 2.24) is 20.0 Å². The number of alkyl halides is 3. The van der Waals surface area contributed by atoms with E-state index in [0.29, 0.717) is 48.0 Å². The van der Waals surface area contributed by atoms with Crippen LogP contribution in [0.5, 0.6) is 11.5 Å². The van der Waals surface area contributed by atoms with E-state index in [-0.39, 0.29) is 44.0 Å². The van der Waals surface area contributed by atoms with Crippen molar-refractivity contribution in [3.8, 4) is 11.5 Å². The Hall–Kier alpha value is -4.26. The van der Waals surface area contributed by atoms with Crippen molar-refractivity contribution in [3.63, 3.8) is 0 Å². The van der Waals surface area contributed by atoms with Crippen molar-refractivity contribution in [2.45, 2.75) is 39.0 Å². The third-order valence-corrected chi connectivity index (χ3v) is 7.79. The summed E-state index contributed by atoms with van der Waals surface area (Å²) in [5.41, 5.74) is 0.548. The van der Waals surface area contributed by atoms with Gasteiger partial charge in [-0.15, -0.1) is 0 Å². The Morgan fingerprint density at radius 2 is 1.77 bits per heavy atom. The molecular weight excluding hydrogens is 569 g/mol. The van der Waals surface area contributed by atoms with E-state index in [1.807, 2.05) is 11.8 Å². The number of likely N-dealkylation sites (N-methyl/N-ethyl adjacent to an activating group) is 1. The molecule has 0 bridgehead atoms. The van der Waals surface area contributed by atoms with Gasteiger partial charge in [-0.1, -0.05) is 12.1 Å². The highest BCUT2D eigenvalue weighted by Crippen LogP contribution is 2.36. The first kappa shape index (κ1) is 30.2. The van der Waals surface area contributed by atoms with E-state index in [1.165, 1.54) is 17.0 Å². The maximum atomic E-state index is 13.4. The Labute approximate surface area is 247 Å². The summed E-state index contributed by atoms with van der Waals surface area (Å²) in [5.74, 6) is 0.303. The van der Waals surface area contributed by atoms with Crippen molar-refractivity contribution in [2.24, 2.45) is 0 Å². The Morgan fingerprint density at radius 3 is 2.42 bits per heavy atom. The van der Waals surface area contributed by atoms with Gasteiger partial charge in [-0.2, -0.15) is 13.2 Å². The van der Waals surface area contributed by atoms with E-state index >= 15 is 0 Å². The second kappa shape index (κ2) is 12.2. The van der Waals surface area contributed by atoms with Gasteiger partial charge in [0.25, 0.3) is 5.91 Å². The fourth-order valence-electron chi connectivity index (χ4n) is 5.66. The molecular formula is C30H33F3N4O6. The summed E-state index contributed by atoms with van der Waals surface area (Å²) in [5, 5.41) is 2.77. The molecule has 3 amide bonds. The lowest BCUT2D eigenvalue weighted by atomic mass is 9.93. The highest BCUT2D eigenvalue weighted by atomic mass is 19.4. The van der Waals surface area contributed by atoms with Crippen molar-refractivity contribution < 1.29 is 41.8 Å². The maximum absolute atomic E-state index is 13.4. The fraction of sp³-hybridized carbons (Fsp3) is 0.433. The van der Waals surface area contributed by atoms with Crippen LogP contribution in [-0.2, 0) is 15.7 Å². The van der Waals surface area contributed by atoms with E-state index in [2.05, 4.69) is 5.32 Å². The van der Waals surface area contributed by atoms with Crippen LogP contribution in [0.4, 0.5) is 18.0 Å². The summed E-state index contributed by atoms with van der Waals surface area (Å²) in [7, 11) is 0. The Bertz CT molecular complexity index is 1430. The zero-order chi connectivity index (χ0) is 30.9. The van der Waals surface area contributed by atoms with Gasteiger partial charge < -0.3 is 24.4 Å². The summed E-state index contributed by atoms with van der Waals surface area (Å²) >= 11 is 0. The average Bonchev–Trinajstić information content (AvgIpc) is 3.45. The van der Waals surface area contributed by atoms with Crippen LogP contribution in [0.15, 0.2) is 53.7 Å². The fourth-order valence-corrected chi connectivity index (χ4v) is 5.66. The number of rotatable bonds is 7. The number of urea groups is 1. The van der Waals surface area contributed by atoms with Gasteiger partial charge in [0, 0.05) is 50.0 Å². The van der Waals surface area contributed by atoms with Crippen LogP contribution < -0.4 is 14.8 Å². The average molecular weight is 603 g/mol.